The van der Waals surface area contributed by atoms with Gasteiger partial charge in [0.1, 0.15) is 16.4 Å². The number of aryl methyl sites for hydroxylation is 3. The van der Waals surface area contributed by atoms with Crippen molar-refractivity contribution in [2.45, 2.75) is 32.2 Å². The van der Waals surface area contributed by atoms with Gasteiger partial charge in [0.25, 0.3) is 0 Å². The third-order valence-electron chi connectivity index (χ3n) is 5.98. The Kier molecular flexibility index (Phi) is 6.13. The Morgan fingerprint density at radius 2 is 1.55 bits per heavy atom. The molecule has 0 amide bonds. The van der Waals surface area contributed by atoms with Crippen LogP contribution in [0, 0.1) is 20.8 Å². The molecule has 0 aliphatic heterocycles. The molecule has 0 radical (unpaired) electrons. The van der Waals surface area contributed by atoms with Crippen molar-refractivity contribution < 1.29 is 17.9 Å². The first kappa shape index (κ1) is 22.8. The number of nitrogens with zero attached hydrogens (tertiary/aromatic N) is 1. The predicted molar refractivity (Wildman–Crippen MR) is 131 cm³/mol. The normalized spacial score (nSPS) is 11.6. The van der Waals surface area contributed by atoms with Gasteiger partial charge in [-0.2, -0.15) is 0 Å². The number of ketones is 1. The largest absolute Gasteiger partial charge is 0.495 e. The van der Waals surface area contributed by atoms with Crippen LogP contribution < -0.4 is 4.74 Å². The Balaban J connectivity index is 1.78. The molecule has 5 nitrogen and oxygen atoms in total. The highest BCUT2D eigenvalue weighted by molar-refractivity contribution is 7.92. The lowest BCUT2D eigenvalue weighted by Crippen LogP contribution is -2.20. The number of ether oxygens (including phenoxy) is 1. The van der Waals surface area contributed by atoms with Crippen LogP contribution in [0.15, 0.2) is 71.6 Å². The van der Waals surface area contributed by atoms with Crippen LogP contribution in [0.3, 0.4) is 0 Å². The molecule has 4 aromatic rings. The van der Waals surface area contributed by atoms with Crippen LogP contribution >= 0.6 is 0 Å². The SMILES string of the molecule is COc1ccccc1S(=O)(=O)CC(=O)c1cc2ccccc2n1Cc1c(C)cc(C)cc1C. The number of rotatable bonds is 7. The minimum atomic E-state index is -3.89. The van der Waals surface area contributed by atoms with Crippen molar-refractivity contribution in [1.82, 2.24) is 4.57 Å². The van der Waals surface area contributed by atoms with Gasteiger partial charge in [0.2, 0.25) is 0 Å². The van der Waals surface area contributed by atoms with E-state index in [0.717, 1.165) is 27.6 Å². The van der Waals surface area contributed by atoms with E-state index in [1.165, 1.54) is 18.7 Å². The highest BCUT2D eigenvalue weighted by Crippen LogP contribution is 2.28. The molecule has 0 saturated heterocycles. The van der Waals surface area contributed by atoms with Gasteiger partial charge in [0, 0.05) is 17.4 Å². The third-order valence-corrected chi connectivity index (χ3v) is 7.63. The fourth-order valence-electron chi connectivity index (χ4n) is 4.43. The first-order valence-corrected chi connectivity index (χ1v) is 12.4. The van der Waals surface area contributed by atoms with E-state index in [2.05, 4.69) is 32.9 Å². The lowest BCUT2D eigenvalue weighted by molar-refractivity contribution is 0.101. The minimum absolute atomic E-state index is 0.0220. The predicted octanol–water partition coefficient (Wildman–Crippen LogP) is 5.28. The number of carbonyl (C=O) groups excluding carboxylic acids is 1. The van der Waals surface area contributed by atoms with Gasteiger partial charge in [-0.1, -0.05) is 48.0 Å². The number of hydrogen-bond donors (Lipinski definition) is 0. The molecule has 0 N–H and O–H groups in total. The molecule has 0 unspecified atom stereocenters. The zero-order valence-electron chi connectivity index (χ0n) is 19.3. The quantitative estimate of drug-likeness (QED) is 0.351. The maximum absolute atomic E-state index is 13.4. The maximum Gasteiger partial charge on any atom is 0.194 e. The molecular formula is C27H27NO4S. The number of sulfone groups is 1. The maximum atomic E-state index is 13.4. The summed E-state index contributed by atoms with van der Waals surface area (Å²) in [4.78, 5) is 13.4. The van der Waals surface area contributed by atoms with Crippen molar-refractivity contribution in [2.75, 3.05) is 12.9 Å². The number of Topliss-reactive ketones (excluding diaryl/α,β-unsaturated/α-hetero) is 1. The topological polar surface area (TPSA) is 65.4 Å². The van der Waals surface area contributed by atoms with Gasteiger partial charge in [0.05, 0.1) is 12.8 Å². The van der Waals surface area contributed by atoms with E-state index < -0.39 is 21.4 Å². The highest BCUT2D eigenvalue weighted by Gasteiger charge is 2.26. The van der Waals surface area contributed by atoms with Gasteiger partial charge in [-0.25, -0.2) is 8.42 Å². The smallest absolute Gasteiger partial charge is 0.194 e. The van der Waals surface area contributed by atoms with Crippen molar-refractivity contribution in [1.29, 1.82) is 0 Å². The lowest BCUT2D eigenvalue weighted by atomic mass is 9.99. The first-order valence-electron chi connectivity index (χ1n) is 10.7. The molecule has 0 fully saturated rings. The molecule has 6 heteroatoms. The molecule has 1 heterocycles. The molecule has 4 rings (SSSR count). The summed E-state index contributed by atoms with van der Waals surface area (Å²) in [6.07, 6.45) is 0. The van der Waals surface area contributed by atoms with E-state index >= 15 is 0 Å². The Morgan fingerprint density at radius 3 is 2.24 bits per heavy atom. The van der Waals surface area contributed by atoms with Crippen LogP contribution in [0.25, 0.3) is 10.9 Å². The molecule has 1 aromatic heterocycles. The van der Waals surface area contributed by atoms with E-state index in [0.29, 0.717) is 12.2 Å². The average Bonchev–Trinajstić information content (AvgIpc) is 3.14. The van der Waals surface area contributed by atoms with Crippen LogP contribution in [0.4, 0.5) is 0 Å². The van der Waals surface area contributed by atoms with Crippen molar-refractivity contribution >= 4 is 26.5 Å². The zero-order valence-corrected chi connectivity index (χ0v) is 20.1. The minimum Gasteiger partial charge on any atom is -0.495 e. The van der Waals surface area contributed by atoms with Crippen LogP contribution in [0.2, 0.25) is 0 Å². The molecular weight excluding hydrogens is 434 g/mol. The van der Waals surface area contributed by atoms with Crippen LogP contribution in [-0.4, -0.2) is 31.6 Å². The summed E-state index contributed by atoms with van der Waals surface area (Å²) < 4.78 is 33.4. The fraction of sp³-hybridized carbons (Fsp3) is 0.222. The van der Waals surface area contributed by atoms with Gasteiger partial charge < -0.3 is 9.30 Å². The number of carbonyl (C=O) groups is 1. The monoisotopic (exact) mass is 461 g/mol. The summed E-state index contributed by atoms with van der Waals surface area (Å²) in [5.41, 5.74) is 5.88. The number of para-hydroxylation sites is 2. The van der Waals surface area contributed by atoms with Crippen molar-refractivity contribution in [3.63, 3.8) is 0 Å². The van der Waals surface area contributed by atoms with Crippen LogP contribution in [0.5, 0.6) is 5.75 Å². The molecule has 170 valence electrons. The van der Waals surface area contributed by atoms with E-state index in [4.69, 9.17) is 4.74 Å². The lowest BCUT2D eigenvalue weighted by Gasteiger charge is -2.16. The summed E-state index contributed by atoms with van der Waals surface area (Å²) >= 11 is 0. The van der Waals surface area contributed by atoms with Gasteiger partial charge >= 0.3 is 0 Å². The number of benzene rings is 3. The van der Waals surface area contributed by atoms with E-state index in [-0.39, 0.29) is 10.6 Å². The summed E-state index contributed by atoms with van der Waals surface area (Å²) in [5, 5.41) is 0.901. The molecule has 0 spiro atoms. The Hall–Kier alpha value is -3.38. The van der Waals surface area contributed by atoms with Gasteiger partial charge in [0.15, 0.2) is 15.6 Å². The van der Waals surface area contributed by atoms with Crippen LogP contribution in [-0.2, 0) is 16.4 Å². The Labute approximate surface area is 194 Å². The molecule has 0 aliphatic rings. The van der Waals surface area contributed by atoms with Crippen molar-refractivity contribution in [3.8, 4) is 5.75 Å². The number of methoxy groups -OCH3 is 1. The molecule has 0 aliphatic carbocycles. The molecule has 0 atom stereocenters. The highest BCUT2D eigenvalue weighted by atomic mass is 32.2. The summed E-state index contributed by atoms with van der Waals surface area (Å²) in [7, 11) is -2.47. The van der Waals surface area contributed by atoms with Gasteiger partial charge in [-0.15, -0.1) is 0 Å². The Morgan fingerprint density at radius 1 is 0.909 bits per heavy atom. The fourth-order valence-corrected chi connectivity index (χ4v) is 5.82. The summed E-state index contributed by atoms with van der Waals surface area (Å²) in [5.74, 6) is -0.841. The molecule has 0 saturated carbocycles. The average molecular weight is 462 g/mol. The van der Waals surface area contributed by atoms with E-state index in [9.17, 15) is 13.2 Å². The first-order chi connectivity index (χ1) is 15.7. The Bertz CT molecular complexity index is 1440. The molecule has 3 aromatic carbocycles. The van der Waals surface area contributed by atoms with Crippen molar-refractivity contribution in [3.05, 3.63) is 94.7 Å². The second-order valence-corrected chi connectivity index (χ2v) is 10.3. The molecule has 0 bridgehead atoms. The second-order valence-electron chi connectivity index (χ2n) is 8.38. The summed E-state index contributed by atoms with van der Waals surface area (Å²) in [6, 6.07) is 20.1. The van der Waals surface area contributed by atoms with E-state index in [1.807, 2.05) is 28.8 Å². The van der Waals surface area contributed by atoms with E-state index in [1.54, 1.807) is 24.3 Å². The number of hydrogen-bond acceptors (Lipinski definition) is 4. The van der Waals surface area contributed by atoms with Gasteiger partial charge in [-0.3, -0.25) is 4.79 Å². The van der Waals surface area contributed by atoms with Gasteiger partial charge in [-0.05, 0) is 61.7 Å². The zero-order chi connectivity index (χ0) is 23.8. The number of aromatic nitrogens is 1. The summed E-state index contributed by atoms with van der Waals surface area (Å²) in [6.45, 7) is 6.68. The standard InChI is InChI=1S/C27H27NO4S/c1-18-13-19(2)22(20(3)14-18)16-28-23-10-6-5-9-21(23)15-24(28)25(29)17-33(30,31)27-12-8-7-11-26(27)32-4/h5-15H,16-17H2,1-4H3. The van der Waals surface area contributed by atoms with Crippen LogP contribution in [0.1, 0.15) is 32.7 Å². The third kappa shape index (κ3) is 4.44. The number of fused-ring (bicyclic) bond motifs is 1. The van der Waals surface area contributed by atoms with Crippen molar-refractivity contribution in [2.24, 2.45) is 0 Å². The second kappa shape index (κ2) is 8.87. The molecule has 33 heavy (non-hydrogen) atoms.